The number of aryl methyl sites for hydroxylation is 1. The van der Waals surface area contributed by atoms with Crippen LogP contribution >= 0.6 is 11.6 Å². The first-order valence-electron chi connectivity index (χ1n) is 10.7. The van der Waals surface area contributed by atoms with Crippen LogP contribution in [0.1, 0.15) is 16.9 Å². The lowest BCUT2D eigenvalue weighted by Gasteiger charge is -2.11. The van der Waals surface area contributed by atoms with E-state index < -0.39 is 5.82 Å². The zero-order valence-electron chi connectivity index (χ0n) is 18.6. The molecule has 0 spiro atoms. The largest absolute Gasteiger partial charge is 0.347 e. The van der Waals surface area contributed by atoms with Crippen LogP contribution in [0.15, 0.2) is 42.6 Å². The van der Waals surface area contributed by atoms with Crippen LogP contribution in [0.3, 0.4) is 0 Å². The molecule has 5 rings (SSSR count). The van der Waals surface area contributed by atoms with Crippen molar-refractivity contribution in [3.63, 3.8) is 0 Å². The third kappa shape index (κ3) is 3.91. The highest BCUT2D eigenvalue weighted by atomic mass is 35.5. The van der Waals surface area contributed by atoms with Crippen LogP contribution in [0.25, 0.3) is 32.8 Å². The van der Waals surface area contributed by atoms with E-state index >= 15 is 0 Å². The molecule has 0 saturated carbocycles. The summed E-state index contributed by atoms with van der Waals surface area (Å²) >= 11 is 6.40. The van der Waals surface area contributed by atoms with Crippen LogP contribution in [0, 0.1) is 12.4 Å². The van der Waals surface area contributed by atoms with E-state index in [0.717, 1.165) is 30.4 Å². The fraction of sp³-hybridized carbons (Fsp3) is 0.250. The van der Waals surface area contributed by atoms with E-state index in [0.29, 0.717) is 22.2 Å². The van der Waals surface area contributed by atoms with Gasteiger partial charge >= 0.3 is 0 Å². The van der Waals surface area contributed by atoms with Gasteiger partial charge in [0.25, 0.3) is 5.91 Å². The van der Waals surface area contributed by atoms with E-state index in [1.807, 2.05) is 25.2 Å². The third-order valence-electron chi connectivity index (χ3n) is 6.01. The molecule has 0 bridgehead atoms. The second-order valence-corrected chi connectivity index (χ2v) is 8.79. The highest BCUT2D eigenvalue weighted by Crippen LogP contribution is 2.30. The van der Waals surface area contributed by atoms with Crippen molar-refractivity contribution in [2.24, 2.45) is 7.05 Å². The first-order chi connectivity index (χ1) is 16.3. The van der Waals surface area contributed by atoms with Gasteiger partial charge in [-0.2, -0.15) is 5.10 Å². The summed E-state index contributed by atoms with van der Waals surface area (Å²) in [5.74, 6) is -0.560. The van der Waals surface area contributed by atoms with Crippen molar-refractivity contribution in [1.29, 1.82) is 0 Å². The minimum Gasteiger partial charge on any atom is -0.347 e. The van der Waals surface area contributed by atoms with Crippen molar-refractivity contribution in [3.8, 4) is 17.1 Å². The molecule has 34 heavy (non-hydrogen) atoms. The Balaban J connectivity index is 1.60. The average molecular weight is 478 g/mol. The van der Waals surface area contributed by atoms with Gasteiger partial charge in [0, 0.05) is 42.5 Å². The fourth-order valence-electron chi connectivity index (χ4n) is 4.25. The molecule has 0 aliphatic carbocycles. The van der Waals surface area contributed by atoms with Crippen LogP contribution in [0.4, 0.5) is 10.1 Å². The number of benzene rings is 2. The van der Waals surface area contributed by atoms with Crippen molar-refractivity contribution in [2.75, 3.05) is 20.1 Å². The number of nitrogens with zero attached hydrogens (tertiary/aromatic N) is 6. The number of carbonyl (C=O) groups excluding carboxylic acids is 1. The lowest BCUT2D eigenvalue weighted by Crippen LogP contribution is -2.36. The van der Waals surface area contributed by atoms with E-state index in [9.17, 15) is 9.18 Å². The number of rotatable bonds is 4. The van der Waals surface area contributed by atoms with Crippen LogP contribution in [0.5, 0.6) is 0 Å². The number of hydrogen-bond donors (Lipinski definition) is 1. The molecule has 3 heterocycles. The SMILES string of the molecule is [C-]#[N+]c1ccc(-c2nc(C(=O)N[C@H]3CCN(C)C3)cn2-c2ccc3nn(C)c(Cl)c3c2)cc1F. The van der Waals surface area contributed by atoms with Gasteiger partial charge < -0.3 is 10.2 Å². The van der Waals surface area contributed by atoms with Gasteiger partial charge in [-0.3, -0.25) is 14.0 Å². The smallest absolute Gasteiger partial charge is 0.271 e. The van der Waals surface area contributed by atoms with Gasteiger partial charge in [0.15, 0.2) is 0 Å². The number of likely N-dealkylation sites (tertiary alicyclic amines) is 1. The van der Waals surface area contributed by atoms with Gasteiger partial charge in [0.1, 0.15) is 22.5 Å². The number of carbonyl (C=O) groups is 1. The first-order valence-corrected chi connectivity index (χ1v) is 11.1. The Morgan fingerprint density at radius 1 is 1.26 bits per heavy atom. The summed E-state index contributed by atoms with van der Waals surface area (Å²) in [6.07, 6.45) is 2.50. The van der Waals surface area contributed by atoms with E-state index in [-0.39, 0.29) is 23.3 Å². The predicted molar refractivity (Wildman–Crippen MR) is 128 cm³/mol. The van der Waals surface area contributed by atoms with Gasteiger partial charge in [-0.15, -0.1) is 0 Å². The quantitative estimate of drug-likeness (QED) is 0.447. The molecule has 10 heteroatoms. The van der Waals surface area contributed by atoms with E-state index in [4.69, 9.17) is 18.2 Å². The molecule has 2 aromatic carbocycles. The summed E-state index contributed by atoms with van der Waals surface area (Å²) in [4.78, 5) is 22.9. The first kappa shape index (κ1) is 22.1. The standard InChI is InChI=1S/C24H21ClFN7O/c1-27-20-6-4-14(10-18(20)26)23-29-21(24(34)28-15-8-9-31(2)12-15)13-33(23)16-5-7-19-17(11-16)22(25)32(3)30-19/h4-7,10-11,13,15H,8-9,12H2,2-3H3,(H,28,34)/t15-/m0/s1. The predicted octanol–water partition coefficient (Wildman–Crippen LogP) is 4.20. The number of imidazole rings is 1. The van der Waals surface area contributed by atoms with Crippen molar-refractivity contribution >= 4 is 34.1 Å². The molecule has 1 aliphatic heterocycles. The second-order valence-electron chi connectivity index (χ2n) is 8.43. The van der Waals surface area contributed by atoms with Crippen LogP contribution in [-0.2, 0) is 7.05 Å². The molecule has 1 N–H and O–H groups in total. The number of fused-ring (bicyclic) bond motifs is 1. The Hall–Kier alpha value is -3.74. The third-order valence-corrected chi connectivity index (χ3v) is 6.46. The summed E-state index contributed by atoms with van der Waals surface area (Å²) in [6, 6.07) is 9.87. The topological polar surface area (TPSA) is 72.3 Å². The van der Waals surface area contributed by atoms with Crippen molar-refractivity contribution < 1.29 is 9.18 Å². The average Bonchev–Trinajstić information content (AvgIpc) is 3.51. The lowest BCUT2D eigenvalue weighted by molar-refractivity contribution is 0.0934. The number of halogens is 2. The Morgan fingerprint density at radius 2 is 2.09 bits per heavy atom. The molecular weight excluding hydrogens is 457 g/mol. The van der Waals surface area contributed by atoms with Gasteiger partial charge in [-0.05, 0) is 44.3 Å². The molecule has 2 aromatic heterocycles. The maximum atomic E-state index is 14.4. The van der Waals surface area contributed by atoms with Crippen molar-refractivity contribution in [1.82, 2.24) is 29.5 Å². The molecule has 1 aliphatic rings. The maximum Gasteiger partial charge on any atom is 0.271 e. The van der Waals surface area contributed by atoms with E-state index in [2.05, 4.69) is 25.1 Å². The summed E-state index contributed by atoms with van der Waals surface area (Å²) in [5, 5.41) is 8.63. The molecule has 1 saturated heterocycles. The summed E-state index contributed by atoms with van der Waals surface area (Å²) in [7, 11) is 3.77. The van der Waals surface area contributed by atoms with Crippen LogP contribution in [-0.4, -0.2) is 56.3 Å². The fourth-order valence-corrected chi connectivity index (χ4v) is 4.43. The summed E-state index contributed by atoms with van der Waals surface area (Å²) in [6.45, 7) is 8.80. The maximum absolute atomic E-state index is 14.4. The molecule has 0 unspecified atom stereocenters. The Kier molecular flexibility index (Phi) is 5.55. The van der Waals surface area contributed by atoms with Gasteiger partial charge in [0.2, 0.25) is 5.69 Å². The molecule has 172 valence electrons. The number of aromatic nitrogens is 4. The van der Waals surface area contributed by atoms with Gasteiger partial charge in [-0.25, -0.2) is 14.2 Å². The lowest BCUT2D eigenvalue weighted by atomic mass is 10.1. The minimum absolute atomic E-state index is 0.0482. The zero-order chi connectivity index (χ0) is 24.0. The van der Waals surface area contributed by atoms with Crippen LogP contribution in [0.2, 0.25) is 5.15 Å². The Labute approximate surface area is 200 Å². The van der Waals surface area contributed by atoms with Crippen LogP contribution < -0.4 is 5.32 Å². The van der Waals surface area contributed by atoms with Gasteiger partial charge in [-0.1, -0.05) is 23.7 Å². The summed E-state index contributed by atoms with van der Waals surface area (Å²) in [5.41, 5.74) is 2.01. The molecule has 0 radical (unpaired) electrons. The minimum atomic E-state index is -0.646. The molecule has 8 nitrogen and oxygen atoms in total. The molecule has 1 fully saturated rings. The number of hydrogen-bond acceptors (Lipinski definition) is 4. The number of likely N-dealkylation sites (N-methyl/N-ethyl adjacent to an activating group) is 1. The monoisotopic (exact) mass is 477 g/mol. The molecule has 1 atom stereocenters. The second kappa shape index (κ2) is 8.56. The van der Waals surface area contributed by atoms with Crippen molar-refractivity contribution in [2.45, 2.75) is 12.5 Å². The summed E-state index contributed by atoms with van der Waals surface area (Å²) < 4.78 is 17.8. The van der Waals surface area contributed by atoms with Gasteiger partial charge in [0.05, 0.1) is 12.1 Å². The molecule has 1 amide bonds. The normalized spacial score (nSPS) is 16.1. The van der Waals surface area contributed by atoms with E-state index in [1.165, 1.54) is 12.1 Å². The number of nitrogens with one attached hydrogen (secondary N) is 1. The molecule has 4 aromatic rings. The highest BCUT2D eigenvalue weighted by Gasteiger charge is 2.24. The van der Waals surface area contributed by atoms with Crippen molar-refractivity contribution in [3.05, 3.63) is 70.7 Å². The van der Waals surface area contributed by atoms with E-state index in [1.54, 1.807) is 28.6 Å². The zero-order valence-corrected chi connectivity index (χ0v) is 19.3. The molecular formula is C24H21ClFN7O. The Morgan fingerprint density at radius 3 is 2.79 bits per heavy atom. The number of amides is 1. The Bertz CT molecular complexity index is 1470. The highest BCUT2D eigenvalue weighted by molar-refractivity contribution is 6.34.